The first-order chi connectivity index (χ1) is 13.6. The summed E-state index contributed by atoms with van der Waals surface area (Å²) in [7, 11) is 1.55. The Kier molecular flexibility index (Phi) is 5.02. The van der Waals surface area contributed by atoms with Crippen LogP contribution in [0.5, 0.6) is 5.88 Å². The molecule has 1 aliphatic carbocycles. The second-order valence-electron chi connectivity index (χ2n) is 7.32. The average Bonchev–Trinajstić information content (AvgIpc) is 3.45. The highest BCUT2D eigenvalue weighted by Gasteiger charge is 2.36. The number of hydrogen-bond donors (Lipinski definition) is 2. The van der Waals surface area contributed by atoms with Gasteiger partial charge in [-0.2, -0.15) is 5.10 Å². The predicted molar refractivity (Wildman–Crippen MR) is 102 cm³/mol. The number of methoxy groups -OCH3 is 1. The zero-order valence-electron chi connectivity index (χ0n) is 16.2. The maximum atomic E-state index is 12.9. The minimum atomic E-state index is -0.216. The fraction of sp³-hybridized carbons (Fsp3) is 0.500. The topological polar surface area (TPSA) is 100 Å². The molecule has 0 radical (unpaired) electrons. The van der Waals surface area contributed by atoms with E-state index < -0.39 is 0 Å². The predicted octanol–water partition coefficient (Wildman–Crippen LogP) is 2.20. The van der Waals surface area contributed by atoms with Gasteiger partial charge in [0.05, 0.1) is 36.7 Å². The Morgan fingerprint density at radius 3 is 2.89 bits per heavy atom. The molecule has 0 spiro atoms. The molecule has 8 nitrogen and oxygen atoms in total. The molecule has 148 valence electrons. The number of carbonyl (C=O) groups excluding carboxylic acids is 2. The molecule has 8 heteroatoms. The number of H-pyrrole nitrogens is 1. The Balaban J connectivity index is 1.52. The molecule has 1 aliphatic heterocycles. The summed E-state index contributed by atoms with van der Waals surface area (Å²) >= 11 is 0. The van der Waals surface area contributed by atoms with E-state index in [9.17, 15) is 9.59 Å². The average molecular weight is 383 g/mol. The van der Waals surface area contributed by atoms with Crippen molar-refractivity contribution in [2.75, 3.05) is 7.11 Å². The number of pyridine rings is 1. The van der Waals surface area contributed by atoms with Crippen LogP contribution in [0.25, 0.3) is 0 Å². The van der Waals surface area contributed by atoms with E-state index in [2.05, 4.69) is 20.5 Å². The molecule has 0 saturated heterocycles. The van der Waals surface area contributed by atoms with Gasteiger partial charge >= 0.3 is 0 Å². The number of amides is 2. The summed E-state index contributed by atoms with van der Waals surface area (Å²) in [6.45, 7) is 2.73. The van der Waals surface area contributed by atoms with Gasteiger partial charge in [0.15, 0.2) is 0 Å². The van der Waals surface area contributed by atoms with E-state index in [0.29, 0.717) is 41.6 Å². The van der Waals surface area contributed by atoms with Crippen LogP contribution in [0.3, 0.4) is 0 Å². The van der Waals surface area contributed by atoms with Crippen LogP contribution in [-0.2, 0) is 19.5 Å². The summed E-state index contributed by atoms with van der Waals surface area (Å²) < 4.78 is 5.42. The van der Waals surface area contributed by atoms with Gasteiger partial charge in [0, 0.05) is 23.8 Å². The molecule has 1 saturated carbocycles. The van der Waals surface area contributed by atoms with E-state index in [1.54, 1.807) is 7.11 Å². The lowest BCUT2D eigenvalue weighted by molar-refractivity contribution is 0.0706. The highest BCUT2D eigenvalue weighted by Crippen LogP contribution is 2.33. The number of nitrogens with zero attached hydrogens (tertiary/aromatic N) is 3. The summed E-state index contributed by atoms with van der Waals surface area (Å²) in [6, 6.07) is 2.12. The molecule has 0 atom stereocenters. The summed E-state index contributed by atoms with van der Waals surface area (Å²) in [5, 5.41) is 9.64. The van der Waals surface area contributed by atoms with Crippen LogP contribution in [0.1, 0.15) is 70.3 Å². The molecule has 4 rings (SSSR count). The number of hydrogen-bond acceptors (Lipinski definition) is 5. The maximum absolute atomic E-state index is 12.9. The Bertz CT molecular complexity index is 901. The molecule has 2 aromatic rings. The molecule has 2 N–H and O–H groups in total. The number of aromatic nitrogens is 3. The second-order valence-corrected chi connectivity index (χ2v) is 7.32. The zero-order valence-corrected chi connectivity index (χ0v) is 16.2. The molecule has 0 aromatic carbocycles. The van der Waals surface area contributed by atoms with E-state index in [0.717, 1.165) is 24.2 Å². The number of rotatable bonds is 6. The third-order valence-electron chi connectivity index (χ3n) is 5.67. The standard InChI is InChI=1S/C20H25N5O3/c1-3-16-15(10-22-24-16)18(26)21-9-12-8-14-17(23-19(12)28-2)11-25(20(14)27)13-6-4-5-7-13/h8,10,13H,3-7,9,11H2,1-2H3,(H,21,26)(H,22,24). The third kappa shape index (κ3) is 3.23. The summed E-state index contributed by atoms with van der Waals surface area (Å²) in [6.07, 6.45) is 6.68. The van der Waals surface area contributed by atoms with Crippen molar-refractivity contribution in [3.63, 3.8) is 0 Å². The molecule has 0 unspecified atom stereocenters. The van der Waals surface area contributed by atoms with Gasteiger partial charge in [0.2, 0.25) is 5.88 Å². The van der Waals surface area contributed by atoms with Crippen LogP contribution < -0.4 is 10.1 Å². The number of aromatic amines is 1. The summed E-state index contributed by atoms with van der Waals surface area (Å²) in [5.41, 5.74) is 3.39. The van der Waals surface area contributed by atoms with Crippen molar-refractivity contribution in [2.45, 2.75) is 58.2 Å². The molecule has 2 aliphatic rings. The van der Waals surface area contributed by atoms with Crippen molar-refractivity contribution in [1.82, 2.24) is 25.4 Å². The van der Waals surface area contributed by atoms with Crippen LogP contribution in [0.2, 0.25) is 0 Å². The smallest absolute Gasteiger partial charge is 0.256 e. The lowest BCUT2D eigenvalue weighted by atomic mass is 10.1. The van der Waals surface area contributed by atoms with Crippen LogP contribution in [0.4, 0.5) is 0 Å². The van der Waals surface area contributed by atoms with Gasteiger partial charge in [-0.15, -0.1) is 0 Å². The normalized spacial score (nSPS) is 16.5. The van der Waals surface area contributed by atoms with Gasteiger partial charge in [-0.3, -0.25) is 14.7 Å². The van der Waals surface area contributed by atoms with Gasteiger partial charge in [-0.1, -0.05) is 19.8 Å². The number of ether oxygens (including phenoxy) is 1. The van der Waals surface area contributed by atoms with Crippen LogP contribution in [-0.4, -0.2) is 45.0 Å². The SMILES string of the molecule is CCc1[nH]ncc1C(=O)NCc1cc2c(nc1OC)CN(C1CCCC1)C2=O. The molecular formula is C20H25N5O3. The second kappa shape index (κ2) is 7.61. The third-order valence-corrected chi connectivity index (χ3v) is 5.67. The Labute approximate surface area is 163 Å². The molecular weight excluding hydrogens is 358 g/mol. The fourth-order valence-corrected chi connectivity index (χ4v) is 4.13. The fourth-order valence-electron chi connectivity index (χ4n) is 4.13. The van der Waals surface area contributed by atoms with Crippen molar-refractivity contribution in [2.24, 2.45) is 0 Å². The largest absolute Gasteiger partial charge is 0.481 e. The quantitative estimate of drug-likeness (QED) is 0.797. The minimum absolute atomic E-state index is 0.0349. The number of fused-ring (bicyclic) bond motifs is 1. The van der Waals surface area contributed by atoms with Crippen molar-refractivity contribution in [3.05, 3.63) is 40.3 Å². The summed E-state index contributed by atoms with van der Waals surface area (Å²) in [5.74, 6) is 0.267. The van der Waals surface area contributed by atoms with E-state index >= 15 is 0 Å². The van der Waals surface area contributed by atoms with Gasteiger partial charge in [0.25, 0.3) is 11.8 Å². The first kappa shape index (κ1) is 18.5. The highest BCUT2D eigenvalue weighted by molar-refractivity contribution is 5.98. The van der Waals surface area contributed by atoms with Crippen LogP contribution in [0.15, 0.2) is 12.3 Å². The van der Waals surface area contributed by atoms with E-state index in [1.165, 1.54) is 19.0 Å². The van der Waals surface area contributed by atoms with Gasteiger partial charge in [-0.05, 0) is 25.3 Å². The molecule has 1 fully saturated rings. The van der Waals surface area contributed by atoms with Gasteiger partial charge < -0.3 is 15.0 Å². The Morgan fingerprint density at radius 2 is 2.18 bits per heavy atom. The number of carbonyl (C=O) groups is 2. The van der Waals surface area contributed by atoms with Crippen LogP contribution >= 0.6 is 0 Å². The van der Waals surface area contributed by atoms with E-state index in [1.807, 2.05) is 17.9 Å². The first-order valence-electron chi connectivity index (χ1n) is 9.80. The zero-order chi connectivity index (χ0) is 19.7. The highest BCUT2D eigenvalue weighted by atomic mass is 16.5. The lowest BCUT2D eigenvalue weighted by Crippen LogP contribution is -2.33. The molecule has 2 amide bonds. The van der Waals surface area contributed by atoms with Crippen molar-refractivity contribution in [1.29, 1.82) is 0 Å². The Morgan fingerprint density at radius 1 is 1.39 bits per heavy atom. The van der Waals surface area contributed by atoms with Gasteiger partial charge in [-0.25, -0.2) is 4.98 Å². The van der Waals surface area contributed by atoms with Crippen molar-refractivity contribution >= 4 is 11.8 Å². The number of nitrogens with one attached hydrogen (secondary N) is 2. The van der Waals surface area contributed by atoms with Gasteiger partial charge in [0.1, 0.15) is 0 Å². The maximum Gasteiger partial charge on any atom is 0.256 e. The summed E-state index contributed by atoms with van der Waals surface area (Å²) in [4.78, 5) is 31.9. The Hall–Kier alpha value is -2.90. The van der Waals surface area contributed by atoms with Crippen LogP contribution in [0, 0.1) is 0 Å². The molecule has 3 heterocycles. The minimum Gasteiger partial charge on any atom is -0.481 e. The first-order valence-corrected chi connectivity index (χ1v) is 9.80. The monoisotopic (exact) mass is 383 g/mol. The van der Waals surface area contributed by atoms with Crippen molar-refractivity contribution in [3.8, 4) is 5.88 Å². The lowest BCUT2D eigenvalue weighted by Gasteiger charge is -2.22. The van der Waals surface area contributed by atoms with E-state index in [4.69, 9.17) is 4.74 Å². The molecule has 0 bridgehead atoms. The molecule has 2 aromatic heterocycles. The molecule has 28 heavy (non-hydrogen) atoms. The van der Waals surface area contributed by atoms with E-state index in [-0.39, 0.29) is 18.4 Å². The number of aryl methyl sites for hydroxylation is 1. The van der Waals surface area contributed by atoms with Crippen molar-refractivity contribution < 1.29 is 14.3 Å².